The summed E-state index contributed by atoms with van der Waals surface area (Å²) < 4.78 is 0. The molecule has 3 rings (SSSR count). The van der Waals surface area contributed by atoms with Gasteiger partial charge >= 0.3 is 0 Å². The zero-order valence-corrected chi connectivity index (χ0v) is 13.7. The number of aromatic nitrogens is 2. The van der Waals surface area contributed by atoms with Crippen LogP contribution in [0.5, 0.6) is 0 Å². The Balaban J connectivity index is 0.00000110. The van der Waals surface area contributed by atoms with Gasteiger partial charge in [0, 0.05) is 25.3 Å². The summed E-state index contributed by atoms with van der Waals surface area (Å²) in [5.41, 5.74) is 7.44. The average Bonchev–Trinajstić information content (AvgIpc) is 2.84. The predicted octanol–water partition coefficient (Wildman–Crippen LogP) is 1.83. The maximum atomic E-state index is 12.4. The minimum absolute atomic E-state index is 0. The molecule has 1 amide bonds. The highest BCUT2D eigenvalue weighted by molar-refractivity contribution is 5.92. The highest BCUT2D eigenvalue weighted by Gasteiger charge is 2.40. The highest BCUT2D eigenvalue weighted by Crippen LogP contribution is 2.35. The molecule has 21 heavy (non-hydrogen) atoms. The third-order valence-electron chi connectivity index (χ3n) is 4.44. The van der Waals surface area contributed by atoms with Gasteiger partial charge < -0.3 is 10.6 Å². The fourth-order valence-electron chi connectivity index (χ4n) is 3.35. The van der Waals surface area contributed by atoms with E-state index in [0.717, 1.165) is 25.2 Å². The van der Waals surface area contributed by atoms with Crippen molar-refractivity contribution in [3.63, 3.8) is 0 Å². The molecule has 118 valence electrons. The standard InChI is InChI=1S/C14H20N4O.2ClH/c1-9-5-17-13(6-16-9)14(19)18-7-10-3-2-4-12(15)11(10)8-18;;/h5-6,10-12H,2-4,7-8,15H2,1H3;2*1H. The van der Waals surface area contributed by atoms with Gasteiger partial charge in [0.25, 0.3) is 5.91 Å². The van der Waals surface area contributed by atoms with Crippen molar-refractivity contribution in [1.82, 2.24) is 14.9 Å². The Hall–Kier alpha value is -0.910. The van der Waals surface area contributed by atoms with Crippen LogP contribution in [0.15, 0.2) is 12.4 Å². The summed E-state index contributed by atoms with van der Waals surface area (Å²) in [4.78, 5) is 22.6. The molecule has 0 aromatic carbocycles. The summed E-state index contributed by atoms with van der Waals surface area (Å²) in [7, 11) is 0. The van der Waals surface area contributed by atoms with Gasteiger partial charge in [-0.05, 0) is 31.6 Å². The van der Waals surface area contributed by atoms with Crippen LogP contribution < -0.4 is 5.73 Å². The predicted molar refractivity (Wildman–Crippen MR) is 86.0 cm³/mol. The first-order chi connectivity index (χ1) is 9.15. The molecule has 7 heteroatoms. The number of likely N-dealkylation sites (tertiary alicyclic amines) is 1. The van der Waals surface area contributed by atoms with Crippen molar-refractivity contribution in [3.8, 4) is 0 Å². The zero-order valence-electron chi connectivity index (χ0n) is 12.1. The fraction of sp³-hybridized carbons (Fsp3) is 0.643. The van der Waals surface area contributed by atoms with E-state index in [4.69, 9.17) is 5.73 Å². The Morgan fingerprint density at radius 2 is 2.00 bits per heavy atom. The normalized spacial score (nSPS) is 27.3. The summed E-state index contributed by atoms with van der Waals surface area (Å²) in [6.45, 7) is 3.47. The van der Waals surface area contributed by atoms with Gasteiger partial charge in [-0.2, -0.15) is 0 Å². The van der Waals surface area contributed by atoms with Gasteiger partial charge in [0.05, 0.1) is 11.9 Å². The Bertz CT molecular complexity index is 482. The minimum atomic E-state index is -0.00546. The lowest BCUT2D eigenvalue weighted by atomic mass is 9.78. The molecule has 1 saturated carbocycles. The monoisotopic (exact) mass is 332 g/mol. The van der Waals surface area contributed by atoms with Crippen LogP contribution in [0.2, 0.25) is 0 Å². The van der Waals surface area contributed by atoms with Crippen LogP contribution in [0.25, 0.3) is 0 Å². The number of halogens is 2. The summed E-state index contributed by atoms with van der Waals surface area (Å²) >= 11 is 0. The summed E-state index contributed by atoms with van der Waals surface area (Å²) in [5, 5.41) is 0. The van der Waals surface area contributed by atoms with Crippen LogP contribution in [-0.2, 0) is 0 Å². The first-order valence-corrected chi connectivity index (χ1v) is 6.98. The van der Waals surface area contributed by atoms with Crippen molar-refractivity contribution in [2.24, 2.45) is 17.6 Å². The van der Waals surface area contributed by atoms with Crippen molar-refractivity contribution < 1.29 is 4.79 Å². The third kappa shape index (κ3) is 3.65. The van der Waals surface area contributed by atoms with Gasteiger partial charge in [-0.15, -0.1) is 24.8 Å². The number of rotatable bonds is 1. The molecule has 1 aliphatic carbocycles. The van der Waals surface area contributed by atoms with E-state index in [1.807, 2.05) is 11.8 Å². The molecule has 0 spiro atoms. The topological polar surface area (TPSA) is 72.1 Å². The molecular formula is C14H22Cl2N4O. The molecule has 5 nitrogen and oxygen atoms in total. The first-order valence-electron chi connectivity index (χ1n) is 6.98. The Morgan fingerprint density at radius 1 is 1.24 bits per heavy atom. The first kappa shape index (κ1) is 18.1. The molecule has 2 N–H and O–H groups in total. The minimum Gasteiger partial charge on any atom is -0.337 e. The van der Waals surface area contributed by atoms with Crippen molar-refractivity contribution >= 4 is 30.7 Å². The number of amides is 1. The van der Waals surface area contributed by atoms with E-state index >= 15 is 0 Å². The molecular weight excluding hydrogens is 311 g/mol. The number of hydrogen-bond acceptors (Lipinski definition) is 4. The Kier molecular flexibility index (Phi) is 6.38. The molecule has 1 saturated heterocycles. The summed E-state index contributed by atoms with van der Waals surface area (Å²) in [5.74, 6) is 1.04. The maximum absolute atomic E-state index is 12.4. The molecule has 2 fully saturated rings. The SMILES string of the molecule is Cc1cnc(C(=O)N2CC3CCCC(N)C3C2)cn1.Cl.Cl. The molecule has 1 aromatic heterocycles. The van der Waals surface area contributed by atoms with Crippen LogP contribution >= 0.6 is 24.8 Å². The highest BCUT2D eigenvalue weighted by atomic mass is 35.5. The largest absolute Gasteiger partial charge is 0.337 e. The average molecular weight is 333 g/mol. The lowest BCUT2D eigenvalue weighted by Crippen LogP contribution is -2.38. The van der Waals surface area contributed by atoms with Crippen LogP contribution in [0.4, 0.5) is 0 Å². The van der Waals surface area contributed by atoms with E-state index in [9.17, 15) is 4.79 Å². The maximum Gasteiger partial charge on any atom is 0.274 e. The van der Waals surface area contributed by atoms with Gasteiger partial charge in [0.15, 0.2) is 0 Å². The van der Waals surface area contributed by atoms with Gasteiger partial charge in [-0.25, -0.2) is 4.98 Å². The number of fused-ring (bicyclic) bond motifs is 1. The number of nitrogens with zero attached hydrogens (tertiary/aromatic N) is 3. The van der Waals surface area contributed by atoms with Crippen LogP contribution in [-0.4, -0.2) is 39.9 Å². The van der Waals surface area contributed by atoms with E-state index < -0.39 is 0 Å². The lowest BCUT2D eigenvalue weighted by molar-refractivity contribution is 0.0777. The van der Waals surface area contributed by atoms with Gasteiger partial charge in [-0.1, -0.05) is 6.42 Å². The fourth-order valence-corrected chi connectivity index (χ4v) is 3.35. The van der Waals surface area contributed by atoms with E-state index in [2.05, 4.69) is 9.97 Å². The molecule has 0 radical (unpaired) electrons. The Labute approximate surface area is 137 Å². The summed E-state index contributed by atoms with van der Waals surface area (Å²) in [6.07, 6.45) is 6.69. The van der Waals surface area contributed by atoms with E-state index in [1.54, 1.807) is 12.4 Å². The Morgan fingerprint density at radius 3 is 2.62 bits per heavy atom. The number of aryl methyl sites for hydroxylation is 1. The number of carbonyl (C=O) groups is 1. The van der Waals surface area contributed by atoms with Crippen LogP contribution in [0.1, 0.15) is 35.4 Å². The second kappa shape index (κ2) is 7.38. The van der Waals surface area contributed by atoms with Crippen molar-refractivity contribution in [2.45, 2.75) is 32.2 Å². The van der Waals surface area contributed by atoms with E-state index in [-0.39, 0.29) is 36.8 Å². The number of carbonyl (C=O) groups excluding carboxylic acids is 1. The van der Waals surface area contributed by atoms with Gasteiger partial charge in [0.1, 0.15) is 5.69 Å². The lowest BCUT2D eigenvalue weighted by Gasteiger charge is -2.29. The van der Waals surface area contributed by atoms with Crippen molar-refractivity contribution in [1.29, 1.82) is 0 Å². The summed E-state index contributed by atoms with van der Waals surface area (Å²) in [6, 6.07) is 0.251. The van der Waals surface area contributed by atoms with E-state index in [1.165, 1.54) is 12.8 Å². The van der Waals surface area contributed by atoms with Gasteiger partial charge in [-0.3, -0.25) is 9.78 Å². The second-order valence-corrected chi connectivity index (χ2v) is 5.77. The van der Waals surface area contributed by atoms with Crippen LogP contribution in [0.3, 0.4) is 0 Å². The van der Waals surface area contributed by atoms with Crippen LogP contribution in [0, 0.1) is 18.8 Å². The molecule has 1 aliphatic heterocycles. The number of nitrogens with two attached hydrogens (primary N) is 1. The van der Waals surface area contributed by atoms with Gasteiger partial charge in [0.2, 0.25) is 0 Å². The van der Waals surface area contributed by atoms with Crippen molar-refractivity contribution in [3.05, 3.63) is 23.8 Å². The molecule has 3 atom stereocenters. The molecule has 2 aliphatic rings. The molecule has 2 heterocycles. The van der Waals surface area contributed by atoms with E-state index in [0.29, 0.717) is 17.5 Å². The van der Waals surface area contributed by atoms with Crippen molar-refractivity contribution in [2.75, 3.05) is 13.1 Å². The molecule has 1 aromatic rings. The molecule has 0 bridgehead atoms. The zero-order chi connectivity index (χ0) is 13.4. The quantitative estimate of drug-likeness (QED) is 0.851. The third-order valence-corrected chi connectivity index (χ3v) is 4.44. The second-order valence-electron chi connectivity index (χ2n) is 5.77. The number of hydrogen-bond donors (Lipinski definition) is 1. The smallest absolute Gasteiger partial charge is 0.274 e. The molecule has 3 unspecified atom stereocenters.